The molecule has 27 heavy (non-hydrogen) atoms. The molecule has 3 rings (SSSR count). The van der Waals surface area contributed by atoms with Crippen molar-refractivity contribution >= 4 is 16.9 Å². The number of aryl methyl sites for hydroxylation is 3. The lowest BCUT2D eigenvalue weighted by atomic mass is 10.0. The van der Waals surface area contributed by atoms with E-state index in [0.717, 1.165) is 27.6 Å². The maximum atomic E-state index is 12.1. The maximum Gasteiger partial charge on any atom is 0.344 e. The third-order valence-electron chi connectivity index (χ3n) is 4.81. The topological polar surface area (TPSA) is 65.7 Å². The highest BCUT2D eigenvalue weighted by Crippen LogP contribution is 2.24. The van der Waals surface area contributed by atoms with Crippen LogP contribution in [-0.2, 0) is 16.1 Å². The van der Waals surface area contributed by atoms with E-state index in [1.807, 2.05) is 58.0 Å². The molecule has 0 saturated heterocycles. The van der Waals surface area contributed by atoms with E-state index < -0.39 is 11.6 Å². The highest BCUT2D eigenvalue weighted by Gasteiger charge is 2.12. The van der Waals surface area contributed by atoms with Crippen LogP contribution in [0.1, 0.15) is 27.8 Å². The average Bonchev–Trinajstić information content (AvgIpc) is 2.64. The predicted molar refractivity (Wildman–Crippen MR) is 103 cm³/mol. The fourth-order valence-corrected chi connectivity index (χ4v) is 2.86. The lowest BCUT2D eigenvalue weighted by Crippen LogP contribution is -2.16. The molecule has 0 aliphatic rings. The van der Waals surface area contributed by atoms with Crippen LogP contribution >= 0.6 is 0 Å². The molecule has 0 N–H and O–H groups in total. The van der Waals surface area contributed by atoms with Gasteiger partial charge in [0.25, 0.3) is 0 Å². The van der Waals surface area contributed by atoms with Gasteiger partial charge in [-0.3, -0.25) is 0 Å². The van der Waals surface area contributed by atoms with Crippen molar-refractivity contribution < 1.29 is 18.7 Å². The summed E-state index contributed by atoms with van der Waals surface area (Å²) in [6.07, 6.45) is 0. The molecule has 0 unspecified atom stereocenters. The average molecular weight is 366 g/mol. The van der Waals surface area contributed by atoms with Crippen LogP contribution in [0.15, 0.2) is 45.6 Å². The van der Waals surface area contributed by atoms with Crippen molar-refractivity contribution in [2.24, 2.45) is 0 Å². The van der Waals surface area contributed by atoms with Crippen molar-refractivity contribution in [2.45, 2.75) is 34.3 Å². The van der Waals surface area contributed by atoms with Gasteiger partial charge in [0.05, 0.1) is 0 Å². The van der Waals surface area contributed by atoms with E-state index >= 15 is 0 Å². The third-order valence-corrected chi connectivity index (χ3v) is 4.81. The van der Waals surface area contributed by atoms with Gasteiger partial charge in [0.2, 0.25) is 0 Å². The van der Waals surface area contributed by atoms with Gasteiger partial charge >= 0.3 is 11.6 Å². The number of ether oxygens (including phenoxy) is 2. The van der Waals surface area contributed by atoms with Gasteiger partial charge in [-0.05, 0) is 56.0 Å². The normalized spacial score (nSPS) is 10.8. The predicted octanol–water partition coefficient (Wildman–Crippen LogP) is 4.15. The lowest BCUT2D eigenvalue weighted by Gasteiger charge is -2.12. The summed E-state index contributed by atoms with van der Waals surface area (Å²) in [7, 11) is 0. The van der Waals surface area contributed by atoms with E-state index in [-0.39, 0.29) is 13.2 Å². The van der Waals surface area contributed by atoms with Gasteiger partial charge in [-0.15, -0.1) is 0 Å². The van der Waals surface area contributed by atoms with Crippen LogP contribution in [0.25, 0.3) is 11.0 Å². The second kappa shape index (κ2) is 7.66. The molecular formula is C22H22O5. The summed E-state index contributed by atoms with van der Waals surface area (Å²) < 4.78 is 16.2. The number of benzene rings is 2. The Morgan fingerprint density at radius 3 is 2.52 bits per heavy atom. The fraction of sp³-hybridized carbons (Fsp3) is 0.273. The Morgan fingerprint density at radius 1 is 1.00 bits per heavy atom. The number of hydrogen-bond donors (Lipinski definition) is 0. The zero-order valence-electron chi connectivity index (χ0n) is 15.9. The molecule has 0 saturated carbocycles. The molecule has 1 aromatic heterocycles. The monoisotopic (exact) mass is 366 g/mol. The summed E-state index contributed by atoms with van der Waals surface area (Å²) in [6, 6.07) is 10.9. The van der Waals surface area contributed by atoms with Crippen molar-refractivity contribution in [1.82, 2.24) is 0 Å². The second-order valence-corrected chi connectivity index (χ2v) is 6.62. The van der Waals surface area contributed by atoms with Gasteiger partial charge in [0, 0.05) is 17.0 Å². The van der Waals surface area contributed by atoms with Gasteiger partial charge in [-0.2, -0.15) is 0 Å². The Balaban J connectivity index is 1.71. The molecule has 2 aromatic carbocycles. The molecule has 1 heterocycles. The third kappa shape index (κ3) is 4.03. The maximum absolute atomic E-state index is 12.1. The Bertz CT molecular complexity index is 1060. The minimum absolute atomic E-state index is 0.0143. The van der Waals surface area contributed by atoms with E-state index in [4.69, 9.17) is 13.9 Å². The van der Waals surface area contributed by atoms with Crippen LogP contribution in [0.5, 0.6) is 5.75 Å². The van der Waals surface area contributed by atoms with Crippen molar-refractivity contribution in [3.05, 3.63) is 74.6 Å². The molecule has 0 atom stereocenters. The molecule has 0 amide bonds. The van der Waals surface area contributed by atoms with Gasteiger partial charge in [-0.1, -0.05) is 24.3 Å². The molecule has 3 aromatic rings. The standard InChI is InChI=1S/C22H22O5/c1-13-6-5-7-19(15(13)3)25-12-21(24)26-11-17-10-20(23)27-22-16(4)14(2)8-9-18(17)22/h5-10H,11-12H2,1-4H3. The summed E-state index contributed by atoms with van der Waals surface area (Å²) >= 11 is 0. The molecule has 0 spiro atoms. The molecule has 140 valence electrons. The Labute approximate surface area is 157 Å². The molecule has 0 radical (unpaired) electrons. The number of carbonyl (C=O) groups is 1. The highest BCUT2D eigenvalue weighted by molar-refractivity contribution is 5.84. The van der Waals surface area contributed by atoms with Crippen molar-refractivity contribution in [1.29, 1.82) is 0 Å². The summed E-state index contributed by atoms with van der Waals surface area (Å²) in [5, 5.41) is 0.765. The summed E-state index contributed by atoms with van der Waals surface area (Å²) in [5.74, 6) is 0.157. The van der Waals surface area contributed by atoms with E-state index in [9.17, 15) is 9.59 Å². The largest absolute Gasteiger partial charge is 0.482 e. The van der Waals surface area contributed by atoms with E-state index in [0.29, 0.717) is 16.9 Å². The summed E-state index contributed by atoms with van der Waals surface area (Å²) in [5.41, 5.74) is 4.69. The van der Waals surface area contributed by atoms with Crippen molar-refractivity contribution in [2.75, 3.05) is 6.61 Å². The summed E-state index contributed by atoms with van der Waals surface area (Å²) in [6.45, 7) is 7.56. The molecule has 5 nitrogen and oxygen atoms in total. The number of fused-ring (bicyclic) bond motifs is 1. The molecule has 0 fully saturated rings. The van der Waals surface area contributed by atoms with Gasteiger partial charge in [0.1, 0.15) is 17.9 Å². The van der Waals surface area contributed by atoms with Crippen LogP contribution in [0.4, 0.5) is 0 Å². The first kappa shape index (κ1) is 18.7. The molecule has 0 aliphatic carbocycles. The minimum Gasteiger partial charge on any atom is -0.482 e. The van der Waals surface area contributed by atoms with Crippen LogP contribution in [0.3, 0.4) is 0 Å². The summed E-state index contributed by atoms with van der Waals surface area (Å²) in [4.78, 5) is 23.9. The quantitative estimate of drug-likeness (QED) is 0.501. The van der Waals surface area contributed by atoms with Gasteiger partial charge < -0.3 is 13.9 Å². The molecule has 0 bridgehead atoms. The zero-order chi connectivity index (χ0) is 19.6. The zero-order valence-corrected chi connectivity index (χ0v) is 15.9. The number of hydrogen-bond acceptors (Lipinski definition) is 5. The first-order valence-corrected chi connectivity index (χ1v) is 8.74. The van der Waals surface area contributed by atoms with Crippen molar-refractivity contribution in [3.8, 4) is 5.75 Å². The van der Waals surface area contributed by atoms with E-state index in [2.05, 4.69) is 0 Å². The lowest BCUT2D eigenvalue weighted by molar-refractivity contribution is -0.147. The first-order chi connectivity index (χ1) is 12.9. The van der Waals surface area contributed by atoms with Gasteiger partial charge in [0.15, 0.2) is 6.61 Å². The fourth-order valence-electron chi connectivity index (χ4n) is 2.86. The Hall–Kier alpha value is -3.08. The minimum atomic E-state index is -0.499. The van der Waals surface area contributed by atoms with E-state index in [1.165, 1.54) is 6.07 Å². The van der Waals surface area contributed by atoms with Crippen LogP contribution in [-0.4, -0.2) is 12.6 Å². The SMILES string of the molecule is Cc1cccc(OCC(=O)OCc2cc(=O)oc3c(C)c(C)ccc23)c1C. The Morgan fingerprint density at radius 2 is 1.74 bits per heavy atom. The smallest absolute Gasteiger partial charge is 0.344 e. The van der Waals surface area contributed by atoms with Gasteiger partial charge in [-0.25, -0.2) is 9.59 Å². The first-order valence-electron chi connectivity index (χ1n) is 8.74. The number of carbonyl (C=O) groups excluding carboxylic acids is 1. The van der Waals surface area contributed by atoms with Crippen LogP contribution in [0, 0.1) is 27.7 Å². The molecular weight excluding hydrogens is 344 g/mol. The Kier molecular flexibility index (Phi) is 5.31. The van der Waals surface area contributed by atoms with Crippen LogP contribution < -0.4 is 10.4 Å². The second-order valence-electron chi connectivity index (χ2n) is 6.62. The number of rotatable bonds is 5. The molecule has 5 heteroatoms. The highest BCUT2D eigenvalue weighted by atomic mass is 16.6. The van der Waals surface area contributed by atoms with Crippen LogP contribution in [0.2, 0.25) is 0 Å². The van der Waals surface area contributed by atoms with Crippen molar-refractivity contribution in [3.63, 3.8) is 0 Å². The van der Waals surface area contributed by atoms with E-state index in [1.54, 1.807) is 0 Å². The number of esters is 1. The molecule has 0 aliphatic heterocycles.